The van der Waals surface area contributed by atoms with E-state index >= 15 is 0 Å². The lowest BCUT2D eigenvalue weighted by Gasteiger charge is -2.23. The van der Waals surface area contributed by atoms with Gasteiger partial charge in [-0.15, -0.1) is 0 Å². The Hall–Kier alpha value is -1.06. The van der Waals surface area contributed by atoms with Gasteiger partial charge in [0.25, 0.3) is 0 Å². The lowest BCUT2D eigenvalue weighted by molar-refractivity contribution is 0.0958. The molecular formula is C15H22ClNO2. The highest BCUT2D eigenvalue weighted by molar-refractivity contribution is 6.31. The highest BCUT2D eigenvalue weighted by atomic mass is 35.5. The van der Waals surface area contributed by atoms with Crippen molar-refractivity contribution in [2.75, 3.05) is 13.7 Å². The molecule has 0 radical (unpaired) electrons. The van der Waals surface area contributed by atoms with Gasteiger partial charge in [-0.2, -0.15) is 0 Å². The van der Waals surface area contributed by atoms with Gasteiger partial charge >= 0.3 is 0 Å². The molecule has 1 aromatic carbocycles. The molecule has 1 aromatic rings. The zero-order valence-electron chi connectivity index (χ0n) is 11.8. The van der Waals surface area contributed by atoms with E-state index in [4.69, 9.17) is 22.1 Å². The Morgan fingerprint density at radius 3 is 2.63 bits per heavy atom. The number of carbonyl (C=O) groups excluding carboxylic acids is 1. The largest absolute Gasteiger partial charge is 0.496 e. The number of carbonyl (C=O) groups is 1. The van der Waals surface area contributed by atoms with E-state index in [9.17, 15) is 4.79 Å². The molecular weight excluding hydrogens is 262 g/mol. The van der Waals surface area contributed by atoms with Crippen LogP contribution in [0.25, 0.3) is 0 Å². The van der Waals surface area contributed by atoms with Crippen LogP contribution in [0.4, 0.5) is 0 Å². The van der Waals surface area contributed by atoms with Crippen molar-refractivity contribution in [3.05, 3.63) is 28.8 Å². The summed E-state index contributed by atoms with van der Waals surface area (Å²) in [6, 6.07) is 5.11. The molecule has 0 spiro atoms. The van der Waals surface area contributed by atoms with Gasteiger partial charge in [-0.3, -0.25) is 4.79 Å². The highest BCUT2D eigenvalue weighted by Crippen LogP contribution is 2.29. The second-order valence-electron chi connectivity index (χ2n) is 5.47. The SMILES string of the molecule is COc1ccc(Cl)cc1C(=O)CCC(C)(C)CCN. The Bertz CT molecular complexity index is 444. The van der Waals surface area contributed by atoms with E-state index in [-0.39, 0.29) is 11.2 Å². The van der Waals surface area contributed by atoms with E-state index in [1.807, 2.05) is 0 Å². The third kappa shape index (κ3) is 4.84. The van der Waals surface area contributed by atoms with E-state index in [2.05, 4.69) is 13.8 Å². The molecule has 0 aliphatic heterocycles. The lowest BCUT2D eigenvalue weighted by Crippen LogP contribution is -2.18. The molecule has 19 heavy (non-hydrogen) atoms. The van der Waals surface area contributed by atoms with Gasteiger partial charge in [0.1, 0.15) is 5.75 Å². The van der Waals surface area contributed by atoms with Crippen molar-refractivity contribution in [2.24, 2.45) is 11.1 Å². The fourth-order valence-electron chi connectivity index (χ4n) is 2.00. The maximum atomic E-state index is 12.3. The van der Waals surface area contributed by atoms with Crippen LogP contribution in [-0.2, 0) is 0 Å². The van der Waals surface area contributed by atoms with Crippen LogP contribution in [0, 0.1) is 5.41 Å². The van der Waals surface area contributed by atoms with Crippen molar-refractivity contribution in [2.45, 2.75) is 33.1 Å². The van der Waals surface area contributed by atoms with Crippen molar-refractivity contribution in [1.82, 2.24) is 0 Å². The molecule has 106 valence electrons. The summed E-state index contributed by atoms with van der Waals surface area (Å²) in [5, 5.41) is 0.547. The van der Waals surface area contributed by atoms with Crippen molar-refractivity contribution < 1.29 is 9.53 Å². The van der Waals surface area contributed by atoms with E-state index in [1.54, 1.807) is 25.3 Å². The first-order valence-electron chi connectivity index (χ1n) is 6.46. The first-order chi connectivity index (χ1) is 8.89. The summed E-state index contributed by atoms with van der Waals surface area (Å²) in [5.74, 6) is 0.635. The molecule has 0 fully saturated rings. The average molecular weight is 284 g/mol. The normalized spacial score (nSPS) is 11.4. The summed E-state index contributed by atoms with van der Waals surface area (Å²) in [4.78, 5) is 12.3. The second-order valence-corrected chi connectivity index (χ2v) is 5.91. The maximum Gasteiger partial charge on any atom is 0.166 e. The Labute approximate surface area is 120 Å². The Kier molecular flexibility index (Phi) is 5.83. The van der Waals surface area contributed by atoms with Gasteiger partial charge in [0.15, 0.2) is 5.78 Å². The van der Waals surface area contributed by atoms with Crippen LogP contribution in [0.3, 0.4) is 0 Å². The number of methoxy groups -OCH3 is 1. The summed E-state index contributed by atoms with van der Waals surface area (Å²) in [6.07, 6.45) is 2.19. The molecule has 0 unspecified atom stereocenters. The van der Waals surface area contributed by atoms with Crippen LogP contribution >= 0.6 is 11.6 Å². The summed E-state index contributed by atoms with van der Waals surface area (Å²) >= 11 is 5.93. The minimum Gasteiger partial charge on any atom is -0.496 e. The molecule has 0 bridgehead atoms. The standard InChI is InChI=1S/C15H22ClNO2/c1-15(2,8-9-17)7-6-13(18)12-10-11(16)4-5-14(12)19-3/h4-5,10H,6-9,17H2,1-3H3. The number of ether oxygens (including phenoxy) is 1. The molecule has 0 saturated heterocycles. The van der Waals surface area contributed by atoms with Gasteiger partial charge in [0.2, 0.25) is 0 Å². The van der Waals surface area contributed by atoms with E-state index in [0.717, 1.165) is 12.8 Å². The highest BCUT2D eigenvalue weighted by Gasteiger charge is 2.20. The number of ketones is 1. The van der Waals surface area contributed by atoms with E-state index in [1.165, 1.54) is 0 Å². The van der Waals surface area contributed by atoms with Crippen molar-refractivity contribution >= 4 is 17.4 Å². The quantitative estimate of drug-likeness (QED) is 0.777. The summed E-state index contributed by atoms with van der Waals surface area (Å²) in [7, 11) is 1.55. The molecule has 0 aromatic heterocycles. The van der Waals surface area contributed by atoms with E-state index in [0.29, 0.717) is 29.3 Å². The Balaban J connectivity index is 2.76. The van der Waals surface area contributed by atoms with Crippen molar-refractivity contribution in [1.29, 1.82) is 0 Å². The Morgan fingerprint density at radius 1 is 1.37 bits per heavy atom. The van der Waals surface area contributed by atoms with Gasteiger partial charge in [-0.25, -0.2) is 0 Å². The molecule has 0 aliphatic carbocycles. The topological polar surface area (TPSA) is 52.3 Å². The number of hydrogen-bond acceptors (Lipinski definition) is 3. The van der Waals surface area contributed by atoms with Crippen LogP contribution in [0.5, 0.6) is 5.75 Å². The summed E-state index contributed by atoms with van der Waals surface area (Å²) in [6.45, 7) is 4.90. The van der Waals surface area contributed by atoms with Crippen LogP contribution in [0.2, 0.25) is 5.02 Å². The van der Waals surface area contributed by atoms with Crippen LogP contribution in [0.1, 0.15) is 43.5 Å². The molecule has 2 N–H and O–H groups in total. The average Bonchev–Trinajstić information content (AvgIpc) is 2.36. The number of benzene rings is 1. The first kappa shape index (κ1) is 16.0. The predicted molar refractivity (Wildman–Crippen MR) is 79.0 cm³/mol. The Morgan fingerprint density at radius 2 is 2.05 bits per heavy atom. The molecule has 0 atom stereocenters. The molecule has 0 heterocycles. The third-order valence-electron chi connectivity index (χ3n) is 3.31. The van der Waals surface area contributed by atoms with Gasteiger partial charge in [-0.05, 0) is 43.0 Å². The van der Waals surface area contributed by atoms with Crippen LogP contribution in [-0.4, -0.2) is 19.4 Å². The third-order valence-corrected chi connectivity index (χ3v) is 3.55. The first-order valence-corrected chi connectivity index (χ1v) is 6.84. The zero-order valence-corrected chi connectivity index (χ0v) is 12.6. The molecule has 1 rings (SSSR count). The molecule has 0 aliphatic rings. The number of halogens is 1. The molecule has 3 nitrogen and oxygen atoms in total. The smallest absolute Gasteiger partial charge is 0.166 e. The van der Waals surface area contributed by atoms with Gasteiger partial charge in [0.05, 0.1) is 12.7 Å². The number of hydrogen-bond donors (Lipinski definition) is 1. The number of rotatable bonds is 7. The van der Waals surface area contributed by atoms with Gasteiger partial charge in [-0.1, -0.05) is 25.4 Å². The van der Waals surface area contributed by atoms with Crippen molar-refractivity contribution in [3.8, 4) is 5.75 Å². The summed E-state index contributed by atoms with van der Waals surface area (Å²) in [5.41, 5.74) is 6.21. The van der Waals surface area contributed by atoms with E-state index < -0.39 is 0 Å². The minimum atomic E-state index is 0.0597. The lowest BCUT2D eigenvalue weighted by atomic mass is 9.83. The van der Waals surface area contributed by atoms with Crippen LogP contribution in [0.15, 0.2) is 18.2 Å². The van der Waals surface area contributed by atoms with Crippen LogP contribution < -0.4 is 10.5 Å². The number of Topliss-reactive ketones (excluding diaryl/α,β-unsaturated/α-hetero) is 1. The zero-order chi connectivity index (χ0) is 14.5. The second kappa shape index (κ2) is 6.92. The predicted octanol–water partition coefficient (Wildman–Crippen LogP) is 3.69. The molecule has 0 saturated carbocycles. The monoisotopic (exact) mass is 283 g/mol. The molecule has 4 heteroatoms. The van der Waals surface area contributed by atoms with Gasteiger partial charge in [0, 0.05) is 11.4 Å². The minimum absolute atomic E-state index is 0.0597. The van der Waals surface area contributed by atoms with Gasteiger partial charge < -0.3 is 10.5 Å². The maximum absolute atomic E-state index is 12.3. The molecule has 0 amide bonds. The fraction of sp³-hybridized carbons (Fsp3) is 0.533. The van der Waals surface area contributed by atoms with Crippen molar-refractivity contribution in [3.63, 3.8) is 0 Å². The fourth-order valence-corrected chi connectivity index (χ4v) is 2.17. The number of nitrogens with two attached hydrogens (primary N) is 1. The summed E-state index contributed by atoms with van der Waals surface area (Å²) < 4.78 is 5.20.